The van der Waals surface area contributed by atoms with Crippen LogP contribution in [-0.2, 0) is 4.74 Å². The van der Waals surface area contributed by atoms with Crippen molar-refractivity contribution >= 4 is 0 Å². The van der Waals surface area contributed by atoms with E-state index in [1.807, 2.05) is 6.26 Å². The number of ether oxygens (including phenoxy) is 1. The second-order valence-electron chi connectivity index (χ2n) is 4.52. The molecule has 0 saturated heterocycles. The zero-order valence-electron chi connectivity index (χ0n) is 11.6. The Hall–Kier alpha value is -0.460. The standard InChI is InChI=1S/C15H30O/c1-4-7-9-10-11-13-16-14-15(6-3)12-8-5-2/h14H,4-13H2,1-3H3. The third kappa shape index (κ3) is 10.1. The Labute approximate surface area is 102 Å². The molecule has 0 unspecified atom stereocenters. The number of hydrogen-bond donors (Lipinski definition) is 0. The molecule has 1 nitrogen and oxygen atoms in total. The lowest BCUT2D eigenvalue weighted by Gasteiger charge is -2.05. The van der Waals surface area contributed by atoms with E-state index >= 15 is 0 Å². The molecule has 0 aromatic rings. The number of allylic oxidation sites excluding steroid dienone is 1. The summed E-state index contributed by atoms with van der Waals surface area (Å²) < 4.78 is 5.60. The van der Waals surface area contributed by atoms with Crippen molar-refractivity contribution in [1.29, 1.82) is 0 Å². The van der Waals surface area contributed by atoms with E-state index < -0.39 is 0 Å². The smallest absolute Gasteiger partial charge is 0.0873 e. The first-order valence-corrected chi connectivity index (χ1v) is 7.14. The van der Waals surface area contributed by atoms with Gasteiger partial charge in [-0.3, -0.25) is 0 Å². The molecular weight excluding hydrogens is 196 g/mol. The highest BCUT2D eigenvalue weighted by molar-refractivity contribution is 4.96. The lowest BCUT2D eigenvalue weighted by molar-refractivity contribution is 0.236. The molecule has 0 aliphatic heterocycles. The topological polar surface area (TPSA) is 9.23 Å². The van der Waals surface area contributed by atoms with E-state index in [0.717, 1.165) is 13.0 Å². The number of rotatable bonds is 11. The molecule has 0 spiro atoms. The van der Waals surface area contributed by atoms with Gasteiger partial charge in [0, 0.05) is 0 Å². The molecule has 0 N–H and O–H groups in total. The SMILES string of the molecule is CCCCCCCOC=C(CC)CCCC. The summed E-state index contributed by atoms with van der Waals surface area (Å²) in [5.41, 5.74) is 1.47. The van der Waals surface area contributed by atoms with Crippen LogP contribution in [0.15, 0.2) is 11.8 Å². The van der Waals surface area contributed by atoms with Gasteiger partial charge in [-0.05, 0) is 31.3 Å². The van der Waals surface area contributed by atoms with Gasteiger partial charge in [0.1, 0.15) is 0 Å². The summed E-state index contributed by atoms with van der Waals surface area (Å²) in [6, 6.07) is 0. The molecule has 0 bridgehead atoms. The van der Waals surface area contributed by atoms with Crippen molar-refractivity contribution in [2.24, 2.45) is 0 Å². The van der Waals surface area contributed by atoms with Gasteiger partial charge in [-0.2, -0.15) is 0 Å². The van der Waals surface area contributed by atoms with E-state index in [1.165, 1.54) is 56.9 Å². The summed E-state index contributed by atoms with van der Waals surface area (Å²) >= 11 is 0. The van der Waals surface area contributed by atoms with Gasteiger partial charge in [0.2, 0.25) is 0 Å². The van der Waals surface area contributed by atoms with Gasteiger partial charge in [0.25, 0.3) is 0 Å². The average molecular weight is 226 g/mol. The van der Waals surface area contributed by atoms with Gasteiger partial charge in [0.15, 0.2) is 0 Å². The minimum Gasteiger partial charge on any atom is -0.501 e. The van der Waals surface area contributed by atoms with Gasteiger partial charge in [-0.25, -0.2) is 0 Å². The minimum absolute atomic E-state index is 0.902. The van der Waals surface area contributed by atoms with Crippen LogP contribution in [0.3, 0.4) is 0 Å². The number of hydrogen-bond acceptors (Lipinski definition) is 1. The van der Waals surface area contributed by atoms with Crippen molar-refractivity contribution in [3.63, 3.8) is 0 Å². The lowest BCUT2D eigenvalue weighted by Crippen LogP contribution is -1.91. The van der Waals surface area contributed by atoms with Crippen LogP contribution >= 0.6 is 0 Å². The van der Waals surface area contributed by atoms with Crippen LogP contribution in [0.25, 0.3) is 0 Å². The Morgan fingerprint density at radius 1 is 0.875 bits per heavy atom. The van der Waals surface area contributed by atoms with E-state index in [9.17, 15) is 0 Å². The van der Waals surface area contributed by atoms with Crippen molar-refractivity contribution in [2.45, 2.75) is 78.6 Å². The Bertz CT molecular complexity index is 161. The van der Waals surface area contributed by atoms with Crippen LogP contribution in [0, 0.1) is 0 Å². The van der Waals surface area contributed by atoms with Crippen LogP contribution in [-0.4, -0.2) is 6.61 Å². The van der Waals surface area contributed by atoms with E-state index in [0.29, 0.717) is 0 Å². The Morgan fingerprint density at radius 3 is 2.19 bits per heavy atom. The maximum atomic E-state index is 5.60. The van der Waals surface area contributed by atoms with Gasteiger partial charge in [0.05, 0.1) is 12.9 Å². The maximum absolute atomic E-state index is 5.60. The fraction of sp³-hybridized carbons (Fsp3) is 0.867. The zero-order valence-corrected chi connectivity index (χ0v) is 11.6. The highest BCUT2D eigenvalue weighted by atomic mass is 16.5. The van der Waals surface area contributed by atoms with Gasteiger partial charge in [-0.1, -0.05) is 52.9 Å². The molecule has 1 heteroatoms. The lowest BCUT2D eigenvalue weighted by atomic mass is 10.1. The molecule has 0 aromatic carbocycles. The third-order valence-corrected chi connectivity index (χ3v) is 2.92. The van der Waals surface area contributed by atoms with Crippen molar-refractivity contribution in [1.82, 2.24) is 0 Å². The molecular formula is C15H30O. The van der Waals surface area contributed by atoms with E-state index in [1.54, 1.807) is 0 Å². The van der Waals surface area contributed by atoms with Crippen molar-refractivity contribution in [2.75, 3.05) is 6.61 Å². The minimum atomic E-state index is 0.902. The second-order valence-corrected chi connectivity index (χ2v) is 4.52. The summed E-state index contributed by atoms with van der Waals surface area (Å²) in [7, 11) is 0. The third-order valence-electron chi connectivity index (χ3n) is 2.92. The first-order chi connectivity index (χ1) is 7.85. The zero-order chi connectivity index (χ0) is 12.1. The molecule has 0 aliphatic carbocycles. The summed E-state index contributed by atoms with van der Waals surface area (Å²) in [5.74, 6) is 0. The monoisotopic (exact) mass is 226 g/mol. The Kier molecular flexibility index (Phi) is 12.2. The fourth-order valence-corrected chi connectivity index (χ4v) is 1.69. The molecule has 16 heavy (non-hydrogen) atoms. The molecule has 0 heterocycles. The molecule has 0 amide bonds. The van der Waals surface area contributed by atoms with E-state index in [2.05, 4.69) is 20.8 Å². The van der Waals surface area contributed by atoms with E-state index in [-0.39, 0.29) is 0 Å². The Balaban J connectivity index is 3.40. The fourth-order valence-electron chi connectivity index (χ4n) is 1.69. The van der Waals surface area contributed by atoms with Gasteiger partial charge >= 0.3 is 0 Å². The summed E-state index contributed by atoms with van der Waals surface area (Å²) in [6.07, 6.45) is 13.5. The van der Waals surface area contributed by atoms with Crippen molar-refractivity contribution in [3.8, 4) is 0 Å². The number of unbranched alkanes of at least 4 members (excludes halogenated alkanes) is 5. The van der Waals surface area contributed by atoms with Crippen molar-refractivity contribution in [3.05, 3.63) is 11.8 Å². The molecule has 0 aromatic heterocycles. The molecule has 0 aliphatic rings. The molecule has 0 radical (unpaired) electrons. The first-order valence-electron chi connectivity index (χ1n) is 7.14. The van der Waals surface area contributed by atoms with Crippen molar-refractivity contribution < 1.29 is 4.74 Å². The van der Waals surface area contributed by atoms with Gasteiger partial charge in [-0.15, -0.1) is 0 Å². The summed E-state index contributed by atoms with van der Waals surface area (Å²) in [4.78, 5) is 0. The molecule has 0 rings (SSSR count). The largest absolute Gasteiger partial charge is 0.501 e. The Morgan fingerprint density at radius 2 is 1.56 bits per heavy atom. The highest BCUT2D eigenvalue weighted by Crippen LogP contribution is 2.11. The van der Waals surface area contributed by atoms with Gasteiger partial charge < -0.3 is 4.74 Å². The van der Waals surface area contributed by atoms with Crippen LogP contribution in [0.1, 0.15) is 78.6 Å². The molecule has 0 fully saturated rings. The van der Waals surface area contributed by atoms with E-state index in [4.69, 9.17) is 4.74 Å². The quantitative estimate of drug-likeness (QED) is 0.336. The first kappa shape index (κ1) is 15.5. The molecule has 0 atom stereocenters. The maximum Gasteiger partial charge on any atom is 0.0873 e. The predicted molar refractivity (Wildman–Crippen MR) is 72.6 cm³/mol. The second kappa shape index (κ2) is 12.6. The summed E-state index contributed by atoms with van der Waals surface area (Å²) in [6.45, 7) is 7.60. The molecule has 0 saturated carbocycles. The van der Waals surface area contributed by atoms with Crippen LogP contribution in [0.5, 0.6) is 0 Å². The normalized spacial score (nSPS) is 11.8. The average Bonchev–Trinajstić information content (AvgIpc) is 2.32. The van der Waals surface area contributed by atoms with Crippen LogP contribution < -0.4 is 0 Å². The van der Waals surface area contributed by atoms with Crippen LogP contribution in [0.2, 0.25) is 0 Å². The van der Waals surface area contributed by atoms with Crippen LogP contribution in [0.4, 0.5) is 0 Å². The molecule has 96 valence electrons. The summed E-state index contributed by atoms with van der Waals surface area (Å²) in [5, 5.41) is 0. The highest BCUT2D eigenvalue weighted by Gasteiger charge is 1.94. The predicted octanol–water partition coefficient (Wildman–Crippen LogP) is 5.46.